The molecule has 1 aromatic carbocycles. The van der Waals surface area contributed by atoms with Crippen molar-refractivity contribution in [3.63, 3.8) is 0 Å². The summed E-state index contributed by atoms with van der Waals surface area (Å²) in [6.07, 6.45) is 0. The van der Waals surface area contributed by atoms with Crippen molar-refractivity contribution in [3.8, 4) is 0 Å². The number of halogens is 1. The molecule has 0 bridgehead atoms. The molecule has 0 aromatic heterocycles. The van der Waals surface area contributed by atoms with Gasteiger partial charge in [0.25, 0.3) is 5.71 Å². The van der Waals surface area contributed by atoms with E-state index in [0.29, 0.717) is 0 Å². The highest BCUT2D eigenvalue weighted by molar-refractivity contribution is 6.36. The zero-order valence-corrected chi connectivity index (χ0v) is 8.94. The van der Waals surface area contributed by atoms with Gasteiger partial charge < -0.3 is 5.21 Å². The van der Waals surface area contributed by atoms with Crippen LogP contribution in [0.3, 0.4) is 0 Å². The molecule has 90 valence electrons. The van der Waals surface area contributed by atoms with Gasteiger partial charge in [-0.2, -0.15) is 0 Å². The molecule has 0 spiro atoms. The van der Waals surface area contributed by atoms with E-state index in [1.165, 1.54) is 24.3 Å². The third-order valence-corrected chi connectivity index (χ3v) is 2.39. The second-order valence-electron chi connectivity index (χ2n) is 2.92. The average molecular weight is 260 g/mol. The molecule has 0 amide bonds. The Labute approximate surface area is 99.4 Å². The summed E-state index contributed by atoms with van der Waals surface area (Å²) in [6.45, 7) is 0. The summed E-state index contributed by atoms with van der Waals surface area (Å²) < 4.78 is 0. The van der Waals surface area contributed by atoms with Crippen LogP contribution in [0, 0.1) is 20.2 Å². The summed E-state index contributed by atoms with van der Waals surface area (Å²) in [5.41, 5.74) is -0.867. The minimum atomic E-state index is -3.21. The van der Waals surface area contributed by atoms with E-state index < -0.39 is 20.7 Å². The van der Waals surface area contributed by atoms with Gasteiger partial charge in [-0.3, -0.25) is 20.2 Å². The third-order valence-electron chi connectivity index (χ3n) is 1.93. The maximum Gasteiger partial charge on any atom is 0.584 e. The lowest BCUT2D eigenvalue weighted by Gasteiger charge is -2.10. The van der Waals surface area contributed by atoms with Crippen LogP contribution in [0.5, 0.6) is 0 Å². The summed E-state index contributed by atoms with van der Waals surface area (Å²) in [5, 5.41) is 29.4. The van der Waals surface area contributed by atoms with Gasteiger partial charge in [-0.15, -0.1) is 0 Å². The molecule has 0 atom stereocenters. The van der Waals surface area contributed by atoms with Gasteiger partial charge in [0.05, 0.1) is 11.6 Å². The highest BCUT2D eigenvalue weighted by Gasteiger charge is 2.61. The molecule has 0 aliphatic carbocycles. The molecule has 0 heterocycles. The smallest absolute Gasteiger partial charge is 0.410 e. The van der Waals surface area contributed by atoms with E-state index in [1.54, 1.807) is 6.07 Å². The lowest BCUT2D eigenvalue weighted by atomic mass is 10.1. The number of oxime groups is 1. The Hall–Kier alpha value is -2.22. The van der Waals surface area contributed by atoms with E-state index in [9.17, 15) is 20.2 Å². The fourth-order valence-corrected chi connectivity index (χ4v) is 1.29. The van der Waals surface area contributed by atoms with Crippen molar-refractivity contribution in [1.29, 1.82) is 0 Å². The highest BCUT2D eigenvalue weighted by atomic mass is 35.5. The molecule has 0 saturated carbocycles. The molecular weight excluding hydrogens is 254 g/mol. The van der Waals surface area contributed by atoms with Crippen molar-refractivity contribution in [2.24, 2.45) is 5.16 Å². The summed E-state index contributed by atoms with van der Waals surface area (Å²) in [7, 11) is 0. The van der Waals surface area contributed by atoms with Crippen LogP contribution in [0.4, 0.5) is 0 Å². The van der Waals surface area contributed by atoms with Crippen LogP contribution in [0.25, 0.3) is 0 Å². The van der Waals surface area contributed by atoms with Crippen molar-refractivity contribution in [3.05, 3.63) is 56.1 Å². The van der Waals surface area contributed by atoms with Crippen LogP contribution in [-0.4, -0.2) is 25.9 Å². The number of alkyl halides is 1. The molecular formula is C8H6ClN3O5. The first-order chi connectivity index (χ1) is 7.94. The fraction of sp³-hybridized carbons (Fsp3) is 0.125. The fourth-order valence-electron chi connectivity index (χ4n) is 1.14. The van der Waals surface area contributed by atoms with Crippen molar-refractivity contribution in [1.82, 2.24) is 0 Å². The highest BCUT2D eigenvalue weighted by Crippen LogP contribution is 2.23. The molecule has 1 rings (SSSR count). The molecule has 0 fully saturated rings. The molecule has 17 heavy (non-hydrogen) atoms. The van der Waals surface area contributed by atoms with Gasteiger partial charge in [-0.1, -0.05) is 35.5 Å². The molecule has 8 nitrogen and oxygen atoms in total. The van der Waals surface area contributed by atoms with Crippen molar-refractivity contribution in [2.75, 3.05) is 0 Å². The molecule has 1 aromatic rings. The van der Waals surface area contributed by atoms with Gasteiger partial charge in [0, 0.05) is 5.56 Å². The van der Waals surface area contributed by atoms with Crippen molar-refractivity contribution in [2.45, 2.75) is 5.12 Å². The van der Waals surface area contributed by atoms with E-state index in [0.717, 1.165) is 0 Å². The maximum absolute atomic E-state index is 10.7. The van der Waals surface area contributed by atoms with E-state index >= 15 is 0 Å². The Balaban J connectivity index is 3.37. The largest absolute Gasteiger partial charge is 0.584 e. The first-order valence-corrected chi connectivity index (χ1v) is 4.58. The van der Waals surface area contributed by atoms with Gasteiger partial charge in [0.1, 0.15) is 9.85 Å². The lowest BCUT2D eigenvalue weighted by Crippen LogP contribution is -2.48. The molecule has 0 aliphatic heterocycles. The van der Waals surface area contributed by atoms with E-state index in [1.807, 2.05) is 0 Å². The number of rotatable bonds is 4. The average Bonchev–Trinajstić information content (AvgIpc) is 2.30. The zero-order valence-electron chi connectivity index (χ0n) is 8.19. The molecule has 1 N–H and O–H groups in total. The molecule has 0 unspecified atom stereocenters. The van der Waals surface area contributed by atoms with E-state index in [2.05, 4.69) is 5.16 Å². The minimum Gasteiger partial charge on any atom is -0.410 e. The second-order valence-corrected chi connectivity index (χ2v) is 3.44. The molecule has 9 heteroatoms. The molecule has 0 saturated heterocycles. The number of nitro groups is 2. The van der Waals surface area contributed by atoms with Gasteiger partial charge in [0.15, 0.2) is 0 Å². The first kappa shape index (κ1) is 12.8. The Morgan fingerprint density at radius 3 is 2.06 bits per heavy atom. The number of hydrogen-bond acceptors (Lipinski definition) is 6. The normalized spacial score (nSPS) is 12.2. The summed E-state index contributed by atoms with van der Waals surface area (Å²) in [5.74, 6) is 0. The van der Waals surface area contributed by atoms with Crippen LogP contribution in [0.15, 0.2) is 35.5 Å². The maximum atomic E-state index is 10.7. The number of benzene rings is 1. The zero-order chi connectivity index (χ0) is 13.1. The van der Waals surface area contributed by atoms with Crippen LogP contribution >= 0.6 is 11.6 Å². The molecule has 0 aliphatic rings. The standard InChI is InChI=1S/C8H6ClN3O5/c9-8(11(14)15,12(16)17)7(10-13)6-4-2-1-3-5-6/h1-5,13H. The summed E-state index contributed by atoms with van der Waals surface area (Å²) in [6, 6.07) is 7.14. The minimum absolute atomic E-state index is 0.0154. The Kier molecular flexibility index (Phi) is 3.59. The SMILES string of the molecule is O=[N+]([O-])C(Cl)(C(=NO)c1ccccc1)[N+](=O)[O-]. The Morgan fingerprint density at radius 1 is 1.24 bits per heavy atom. The predicted molar refractivity (Wildman–Crippen MR) is 57.3 cm³/mol. The first-order valence-electron chi connectivity index (χ1n) is 4.20. The second kappa shape index (κ2) is 4.74. The monoisotopic (exact) mass is 259 g/mol. The van der Waals surface area contributed by atoms with Crippen LogP contribution in [0.1, 0.15) is 5.56 Å². The van der Waals surface area contributed by atoms with Gasteiger partial charge in [-0.25, -0.2) is 0 Å². The lowest BCUT2D eigenvalue weighted by molar-refractivity contribution is -0.742. The number of nitrogens with zero attached hydrogens (tertiary/aromatic N) is 3. The van der Waals surface area contributed by atoms with Gasteiger partial charge in [0.2, 0.25) is 0 Å². The van der Waals surface area contributed by atoms with Gasteiger partial charge >= 0.3 is 5.12 Å². The van der Waals surface area contributed by atoms with Gasteiger partial charge in [-0.05, 0) is 0 Å². The van der Waals surface area contributed by atoms with Crippen LogP contribution in [-0.2, 0) is 0 Å². The third kappa shape index (κ3) is 2.16. The van der Waals surface area contributed by atoms with Crippen LogP contribution in [0.2, 0.25) is 0 Å². The topological polar surface area (TPSA) is 119 Å². The number of hydrogen-bond donors (Lipinski definition) is 1. The van der Waals surface area contributed by atoms with Crippen LogP contribution < -0.4 is 0 Å². The predicted octanol–water partition coefficient (Wildman–Crippen LogP) is 1.31. The quantitative estimate of drug-likeness (QED) is 0.166. The Bertz CT molecular complexity index is 461. The summed E-state index contributed by atoms with van der Waals surface area (Å²) >= 11 is 5.32. The van der Waals surface area contributed by atoms with E-state index in [-0.39, 0.29) is 5.56 Å². The Morgan fingerprint density at radius 2 is 1.71 bits per heavy atom. The van der Waals surface area contributed by atoms with Crippen molar-refractivity contribution < 1.29 is 15.1 Å². The van der Waals surface area contributed by atoms with E-state index in [4.69, 9.17) is 16.8 Å². The van der Waals surface area contributed by atoms with Crippen molar-refractivity contribution >= 4 is 17.3 Å². The molecule has 0 radical (unpaired) electrons. The summed E-state index contributed by atoms with van der Waals surface area (Å²) in [4.78, 5) is 18.7.